The first-order valence-corrected chi connectivity index (χ1v) is 10.2. The standard InChI is InChI=1S/C23H20N2O3S/c1-4-9-25-22(27)17-7-5-6-8-19(17)24-23(25)29-13-16-12-21(26)28-20-11-15(3)14(2)10-18(16)20/h4-8,10-12H,1,9,13H2,2-3H3. The Kier molecular flexibility index (Phi) is 5.11. The van der Waals surface area contributed by atoms with Crippen LogP contribution in [0.4, 0.5) is 0 Å². The number of nitrogens with zero attached hydrogens (tertiary/aromatic N) is 2. The second-order valence-electron chi connectivity index (χ2n) is 6.93. The van der Waals surface area contributed by atoms with E-state index in [2.05, 4.69) is 11.6 Å². The van der Waals surface area contributed by atoms with Gasteiger partial charge in [-0.25, -0.2) is 9.78 Å². The molecule has 0 aliphatic heterocycles. The highest BCUT2D eigenvalue weighted by Crippen LogP contribution is 2.27. The summed E-state index contributed by atoms with van der Waals surface area (Å²) < 4.78 is 6.99. The first kappa shape index (κ1) is 19.2. The number of para-hydroxylation sites is 1. The summed E-state index contributed by atoms with van der Waals surface area (Å²) in [5.41, 5.74) is 3.81. The van der Waals surface area contributed by atoms with Crippen LogP contribution in [0.1, 0.15) is 16.7 Å². The molecular weight excluding hydrogens is 384 g/mol. The number of hydrogen-bond acceptors (Lipinski definition) is 5. The minimum Gasteiger partial charge on any atom is -0.423 e. The molecule has 2 aromatic carbocycles. The summed E-state index contributed by atoms with van der Waals surface area (Å²) in [6.07, 6.45) is 1.68. The van der Waals surface area contributed by atoms with E-state index in [-0.39, 0.29) is 11.2 Å². The zero-order chi connectivity index (χ0) is 20.5. The third kappa shape index (κ3) is 3.63. The average molecular weight is 404 g/mol. The fraction of sp³-hybridized carbons (Fsp3) is 0.174. The largest absolute Gasteiger partial charge is 0.423 e. The van der Waals surface area contributed by atoms with Crippen LogP contribution in [0.2, 0.25) is 0 Å². The highest BCUT2D eigenvalue weighted by molar-refractivity contribution is 7.98. The monoisotopic (exact) mass is 404 g/mol. The van der Waals surface area contributed by atoms with Gasteiger partial charge in [0.25, 0.3) is 5.56 Å². The van der Waals surface area contributed by atoms with Crippen LogP contribution in [-0.2, 0) is 12.3 Å². The zero-order valence-corrected chi connectivity index (χ0v) is 17.1. The molecule has 0 radical (unpaired) electrons. The first-order chi connectivity index (χ1) is 14.0. The average Bonchev–Trinajstić information content (AvgIpc) is 2.70. The Balaban J connectivity index is 1.80. The second kappa shape index (κ2) is 7.72. The van der Waals surface area contributed by atoms with Crippen molar-refractivity contribution in [1.82, 2.24) is 9.55 Å². The molecule has 0 amide bonds. The Morgan fingerprint density at radius 1 is 1.10 bits per heavy atom. The van der Waals surface area contributed by atoms with Crippen LogP contribution in [0.15, 0.2) is 74.3 Å². The number of allylic oxidation sites excluding steroid dienone is 1. The molecule has 5 nitrogen and oxygen atoms in total. The van der Waals surface area contributed by atoms with E-state index in [9.17, 15) is 9.59 Å². The van der Waals surface area contributed by atoms with E-state index in [1.54, 1.807) is 16.7 Å². The van der Waals surface area contributed by atoms with E-state index in [0.717, 1.165) is 22.1 Å². The van der Waals surface area contributed by atoms with E-state index >= 15 is 0 Å². The van der Waals surface area contributed by atoms with Gasteiger partial charge < -0.3 is 4.42 Å². The molecule has 0 atom stereocenters. The summed E-state index contributed by atoms with van der Waals surface area (Å²) in [5.74, 6) is 0.493. The maximum atomic E-state index is 12.9. The van der Waals surface area contributed by atoms with Gasteiger partial charge in [-0.05, 0) is 54.8 Å². The van der Waals surface area contributed by atoms with Gasteiger partial charge in [-0.2, -0.15) is 0 Å². The zero-order valence-electron chi connectivity index (χ0n) is 16.3. The highest BCUT2D eigenvalue weighted by Gasteiger charge is 2.13. The Morgan fingerprint density at radius 2 is 1.86 bits per heavy atom. The molecule has 6 heteroatoms. The maximum Gasteiger partial charge on any atom is 0.336 e. The van der Waals surface area contributed by atoms with Crippen LogP contribution < -0.4 is 11.2 Å². The molecule has 0 aliphatic rings. The minimum atomic E-state index is -0.383. The smallest absolute Gasteiger partial charge is 0.336 e. The molecule has 0 saturated heterocycles. The van der Waals surface area contributed by atoms with Gasteiger partial charge in [-0.3, -0.25) is 9.36 Å². The molecule has 0 spiro atoms. The number of aromatic nitrogens is 2. The highest BCUT2D eigenvalue weighted by atomic mass is 32.2. The fourth-order valence-electron chi connectivity index (χ4n) is 3.29. The molecular formula is C23H20N2O3S. The lowest BCUT2D eigenvalue weighted by molar-refractivity contribution is 0.559. The number of thioether (sulfide) groups is 1. The quantitative estimate of drug-likeness (QED) is 0.211. The van der Waals surface area contributed by atoms with Crippen molar-refractivity contribution in [3.63, 3.8) is 0 Å². The van der Waals surface area contributed by atoms with Crippen LogP contribution in [0.5, 0.6) is 0 Å². The van der Waals surface area contributed by atoms with Gasteiger partial charge in [0.1, 0.15) is 5.58 Å². The van der Waals surface area contributed by atoms with Crippen LogP contribution >= 0.6 is 11.8 Å². The predicted molar refractivity (Wildman–Crippen MR) is 118 cm³/mol. The molecule has 0 saturated carbocycles. The predicted octanol–water partition coefficient (Wildman–Crippen LogP) is 4.60. The van der Waals surface area contributed by atoms with Crippen molar-refractivity contribution in [3.05, 3.63) is 92.6 Å². The molecule has 29 heavy (non-hydrogen) atoms. The van der Waals surface area contributed by atoms with Crippen molar-refractivity contribution in [3.8, 4) is 0 Å². The number of hydrogen-bond donors (Lipinski definition) is 0. The maximum absolute atomic E-state index is 12.9. The molecule has 4 aromatic rings. The van der Waals surface area contributed by atoms with Crippen LogP contribution in [0.25, 0.3) is 21.9 Å². The van der Waals surface area contributed by atoms with Crippen LogP contribution in [0.3, 0.4) is 0 Å². The third-order valence-corrected chi connectivity index (χ3v) is 5.96. The van der Waals surface area contributed by atoms with Gasteiger partial charge in [0.05, 0.1) is 10.9 Å². The number of aryl methyl sites for hydroxylation is 2. The van der Waals surface area contributed by atoms with E-state index in [1.807, 2.05) is 44.2 Å². The van der Waals surface area contributed by atoms with Gasteiger partial charge in [-0.15, -0.1) is 6.58 Å². The number of rotatable bonds is 5. The lowest BCUT2D eigenvalue weighted by Crippen LogP contribution is -2.22. The van der Waals surface area contributed by atoms with Crippen LogP contribution in [-0.4, -0.2) is 9.55 Å². The summed E-state index contributed by atoms with van der Waals surface area (Å²) in [6, 6.07) is 12.7. The SMILES string of the molecule is C=CCn1c(SCc2cc(=O)oc3cc(C)c(C)cc23)nc2ccccc2c1=O. The minimum absolute atomic E-state index is 0.0955. The number of benzene rings is 2. The molecule has 0 aliphatic carbocycles. The topological polar surface area (TPSA) is 65.1 Å². The van der Waals surface area contributed by atoms with Crippen molar-refractivity contribution >= 4 is 33.6 Å². The summed E-state index contributed by atoms with van der Waals surface area (Å²) in [4.78, 5) is 29.6. The van der Waals surface area contributed by atoms with E-state index in [0.29, 0.717) is 33.9 Å². The summed E-state index contributed by atoms with van der Waals surface area (Å²) in [6.45, 7) is 8.15. The Hall–Kier alpha value is -3.12. The normalized spacial score (nSPS) is 11.2. The van der Waals surface area contributed by atoms with Crippen molar-refractivity contribution in [2.24, 2.45) is 0 Å². The van der Waals surface area contributed by atoms with E-state index in [1.165, 1.54) is 17.8 Å². The summed E-state index contributed by atoms with van der Waals surface area (Å²) >= 11 is 1.43. The Morgan fingerprint density at radius 3 is 2.66 bits per heavy atom. The first-order valence-electron chi connectivity index (χ1n) is 9.25. The van der Waals surface area contributed by atoms with E-state index in [4.69, 9.17) is 4.42 Å². The van der Waals surface area contributed by atoms with Crippen molar-refractivity contribution in [2.75, 3.05) is 0 Å². The molecule has 2 heterocycles. The lowest BCUT2D eigenvalue weighted by Gasteiger charge is -2.12. The summed E-state index contributed by atoms with van der Waals surface area (Å²) in [7, 11) is 0. The van der Waals surface area contributed by atoms with Crippen molar-refractivity contribution in [1.29, 1.82) is 0 Å². The van der Waals surface area contributed by atoms with Crippen molar-refractivity contribution in [2.45, 2.75) is 31.3 Å². The Labute approximate surface area is 171 Å². The lowest BCUT2D eigenvalue weighted by atomic mass is 10.0. The fourth-order valence-corrected chi connectivity index (χ4v) is 4.29. The van der Waals surface area contributed by atoms with E-state index < -0.39 is 0 Å². The van der Waals surface area contributed by atoms with Gasteiger partial charge in [0.15, 0.2) is 5.16 Å². The molecule has 146 valence electrons. The molecule has 4 rings (SSSR count). The van der Waals surface area contributed by atoms with Gasteiger partial charge >= 0.3 is 5.63 Å². The van der Waals surface area contributed by atoms with Crippen LogP contribution in [0, 0.1) is 13.8 Å². The van der Waals surface area contributed by atoms with Gasteiger partial charge in [0, 0.05) is 23.8 Å². The molecule has 0 unspecified atom stereocenters. The molecule has 0 N–H and O–H groups in total. The third-order valence-electron chi connectivity index (χ3n) is 4.94. The summed E-state index contributed by atoms with van der Waals surface area (Å²) in [5, 5.41) is 2.08. The van der Waals surface area contributed by atoms with Gasteiger partial charge in [-0.1, -0.05) is 30.0 Å². The molecule has 0 bridgehead atoms. The van der Waals surface area contributed by atoms with Gasteiger partial charge in [0.2, 0.25) is 0 Å². The number of fused-ring (bicyclic) bond motifs is 2. The molecule has 2 aromatic heterocycles. The second-order valence-corrected chi connectivity index (χ2v) is 7.87. The Bertz CT molecular complexity index is 1370. The molecule has 0 fully saturated rings. The van der Waals surface area contributed by atoms with Crippen molar-refractivity contribution < 1.29 is 4.42 Å².